The van der Waals surface area contributed by atoms with Crippen LogP contribution < -0.4 is 41.8 Å². The van der Waals surface area contributed by atoms with Gasteiger partial charge in [-0.15, -0.1) is 0 Å². The third-order valence-electron chi connectivity index (χ3n) is 10.3. The van der Waals surface area contributed by atoms with Crippen LogP contribution in [-0.2, 0) is 71.0 Å². The SMILES string of the molecule is CO[C@H]1C(OP(=O)(O)OC[C@H](CO)O[C@H](CO)n2cnc3c(=O)[nH]c(N)nc32)[C@@H](COP(=O)([O-])OP(=O)([O-])OP(=O)([O-])OC[C@H](CO)O[C@H](CO)[n+]2cn(C)c3c(=O)[nH]cnc32)O[C@H]1n1cnc2c(N)ncnc21. The average molecular weight is 1130 g/mol. The molecule has 1 saturated heterocycles. The van der Waals surface area contributed by atoms with Gasteiger partial charge in [-0.2, -0.15) is 4.98 Å². The van der Waals surface area contributed by atoms with Gasteiger partial charge in [0.1, 0.15) is 49.0 Å². The Morgan fingerprint density at radius 2 is 1.50 bits per heavy atom. The molecule has 0 aromatic carbocycles. The summed E-state index contributed by atoms with van der Waals surface area (Å²) < 4.78 is 107. The minimum Gasteiger partial charge on any atom is -0.756 e. The number of hydrogen-bond acceptors (Lipinski definition) is 31. The van der Waals surface area contributed by atoms with Gasteiger partial charge in [0, 0.05) is 7.11 Å². The van der Waals surface area contributed by atoms with E-state index >= 15 is 0 Å². The molecule has 7 rings (SSSR count). The number of nitrogens with two attached hydrogens (primary N) is 2. The molecule has 6 aromatic heterocycles. The molecule has 6 aromatic rings. The zero-order valence-electron chi connectivity index (χ0n) is 37.9. The molecule has 38 nitrogen and oxygen atoms in total. The van der Waals surface area contributed by atoms with Gasteiger partial charge in [-0.1, -0.05) is 4.98 Å². The van der Waals surface area contributed by atoms with Gasteiger partial charge < -0.3 is 79.5 Å². The molecule has 1 fully saturated rings. The van der Waals surface area contributed by atoms with Crippen molar-refractivity contribution >= 4 is 76.5 Å². The number of aliphatic hydroxyl groups excluding tert-OH is 4. The van der Waals surface area contributed by atoms with Crippen LogP contribution in [0.3, 0.4) is 0 Å². The number of aryl methyl sites for hydroxylation is 1. The number of nitrogen functional groups attached to an aromatic ring is 2. The Bertz CT molecular complexity index is 3260. The van der Waals surface area contributed by atoms with Gasteiger partial charge in [0.2, 0.25) is 17.7 Å². The number of imidazole rings is 3. The smallest absolute Gasteiger partial charge is 0.472 e. The molecular formula is C32H44N14O24P4-2. The normalized spacial score (nSPS) is 22.3. The molecule has 0 spiro atoms. The number of methoxy groups -OCH3 is 1. The van der Waals surface area contributed by atoms with Crippen molar-refractivity contribution in [3.8, 4) is 0 Å². The molecular weight excluding hydrogens is 1090 g/mol. The summed E-state index contributed by atoms with van der Waals surface area (Å²) in [5, 5.41) is 40.1. The Morgan fingerprint density at radius 1 is 0.824 bits per heavy atom. The number of rotatable bonds is 27. The topological polar surface area (TPSA) is 545 Å². The Kier molecular flexibility index (Phi) is 17.7. The second-order valence-corrected chi connectivity index (χ2v) is 21.2. The van der Waals surface area contributed by atoms with E-state index in [9.17, 15) is 67.8 Å². The van der Waals surface area contributed by atoms with Gasteiger partial charge in [0.05, 0.1) is 59.3 Å². The zero-order chi connectivity index (χ0) is 53.9. The maximum absolute atomic E-state index is 13.6. The minimum atomic E-state index is -6.55. The molecule has 0 aliphatic carbocycles. The number of fused-ring (bicyclic) bond motifs is 3. The van der Waals surface area contributed by atoms with Crippen LogP contribution in [0, 0.1) is 0 Å². The molecule has 0 radical (unpaired) electrons. The number of aromatic nitrogens is 12. The fourth-order valence-corrected chi connectivity index (χ4v) is 11.6. The number of nitrogens with zero attached hydrogens (tertiary/aromatic N) is 10. The molecule has 74 heavy (non-hydrogen) atoms. The van der Waals surface area contributed by atoms with Crippen molar-refractivity contribution in [2.75, 3.05) is 64.8 Å². The molecule has 0 saturated carbocycles. The van der Waals surface area contributed by atoms with Gasteiger partial charge in [0.15, 0.2) is 47.7 Å². The van der Waals surface area contributed by atoms with E-state index in [2.05, 4.69) is 53.0 Å². The van der Waals surface area contributed by atoms with Crippen molar-refractivity contribution in [2.24, 2.45) is 7.05 Å². The summed E-state index contributed by atoms with van der Waals surface area (Å²) in [6.07, 6.45) is -7.50. The maximum atomic E-state index is 13.6. The lowest BCUT2D eigenvalue weighted by Crippen LogP contribution is -2.46. The molecule has 7 heterocycles. The second-order valence-electron chi connectivity index (χ2n) is 15.2. The number of aromatic amines is 2. The number of anilines is 2. The lowest BCUT2D eigenvalue weighted by molar-refractivity contribution is -0.746. The Labute approximate surface area is 411 Å². The first-order chi connectivity index (χ1) is 34.9. The van der Waals surface area contributed by atoms with Crippen molar-refractivity contribution in [1.82, 2.24) is 53.6 Å². The summed E-state index contributed by atoms with van der Waals surface area (Å²) in [5.74, 6) is -0.420. The largest absolute Gasteiger partial charge is 0.756 e. The number of phosphoric ester groups is 3. The van der Waals surface area contributed by atoms with E-state index < -0.39 is 138 Å². The summed E-state index contributed by atoms with van der Waals surface area (Å²) in [6, 6.07) is 0. The highest BCUT2D eigenvalue weighted by Gasteiger charge is 2.51. The highest BCUT2D eigenvalue weighted by atomic mass is 31.3. The highest BCUT2D eigenvalue weighted by molar-refractivity contribution is 7.65. The third-order valence-corrected chi connectivity index (χ3v) is 15.4. The lowest BCUT2D eigenvalue weighted by Gasteiger charge is -2.35. The number of phosphoric acid groups is 4. The van der Waals surface area contributed by atoms with Crippen LogP contribution >= 0.6 is 31.3 Å². The Hall–Kier alpha value is -4.95. The molecule has 0 amide bonds. The van der Waals surface area contributed by atoms with Crippen molar-refractivity contribution < 1.29 is 108 Å². The van der Waals surface area contributed by atoms with Crippen molar-refractivity contribution in [1.29, 1.82) is 0 Å². The van der Waals surface area contributed by atoms with Crippen LogP contribution in [0.5, 0.6) is 0 Å². The quantitative estimate of drug-likeness (QED) is 0.0171. The molecule has 1 aliphatic rings. The van der Waals surface area contributed by atoms with E-state index in [1.807, 2.05) is 0 Å². The molecule has 11 N–H and O–H groups in total. The van der Waals surface area contributed by atoms with E-state index in [0.29, 0.717) is 0 Å². The van der Waals surface area contributed by atoms with E-state index in [0.717, 1.165) is 41.6 Å². The molecule has 42 heteroatoms. The zero-order valence-corrected chi connectivity index (χ0v) is 41.4. The first-order valence-electron chi connectivity index (χ1n) is 20.8. The first-order valence-corrected chi connectivity index (χ1v) is 26.6. The van der Waals surface area contributed by atoms with Crippen LogP contribution in [0.25, 0.3) is 33.5 Å². The monoisotopic (exact) mass is 1130 g/mol. The fraction of sp³-hybridized carbons (Fsp3) is 0.531. The van der Waals surface area contributed by atoms with E-state index in [-0.39, 0.29) is 45.3 Å². The predicted molar refractivity (Wildman–Crippen MR) is 232 cm³/mol. The number of hydrogen-bond donors (Lipinski definition) is 9. The van der Waals surface area contributed by atoms with E-state index in [4.69, 9.17) is 44.0 Å². The number of H-pyrrole nitrogens is 2. The fourth-order valence-electron chi connectivity index (χ4n) is 7.17. The maximum Gasteiger partial charge on any atom is 0.472 e. The van der Waals surface area contributed by atoms with Gasteiger partial charge in [-0.25, -0.2) is 37.7 Å². The summed E-state index contributed by atoms with van der Waals surface area (Å²) in [7, 11) is -21.9. The van der Waals surface area contributed by atoms with Crippen LogP contribution in [0.15, 0.2) is 41.2 Å². The molecule has 408 valence electrons. The van der Waals surface area contributed by atoms with Crippen molar-refractivity contribution in [3.63, 3.8) is 0 Å². The van der Waals surface area contributed by atoms with Gasteiger partial charge in [-0.3, -0.25) is 56.0 Å². The van der Waals surface area contributed by atoms with E-state index in [1.54, 1.807) is 0 Å². The van der Waals surface area contributed by atoms with Crippen LogP contribution in [-0.4, -0.2) is 163 Å². The summed E-state index contributed by atoms with van der Waals surface area (Å²) in [6.45, 7) is -7.17. The standard InChI is InChI=1S/C32H46N14O24P4/c1-43-14-46(28-22(43)30(52)38-11-37-28)19(6-50)66-16(4-48)8-63-72(55,56)69-74(59,60)70-73(57,58)64-9-17-23(24(61-2)31(67-17)45-13-39-20-25(33)35-10-36-26(20)45)68-71(53,54)62-7-15(3-47)65-18(5-49)44-12-40-21-27(44)41-32(34)42-29(21)51/h10-19,23-24,31,47-50H,3-9H2,1-2H3,(H9-,33,34,35,36,37,38,41,42,51,52,53,54,55,56,57,58,59,60)/p-2/t15-,16-,17+,18+,19+,23?,24-,31+/m0/s1. The van der Waals surface area contributed by atoms with Gasteiger partial charge >= 0.3 is 13.5 Å². The number of aliphatic hydroxyl groups is 4. The third kappa shape index (κ3) is 13.0. The summed E-state index contributed by atoms with van der Waals surface area (Å²) in [5.41, 5.74) is 9.93. The number of nitrogens with one attached hydrogen (secondary N) is 2. The van der Waals surface area contributed by atoms with Gasteiger partial charge in [0.25, 0.3) is 34.6 Å². The molecule has 12 atom stereocenters. The molecule has 0 bridgehead atoms. The van der Waals surface area contributed by atoms with Crippen LogP contribution in [0.1, 0.15) is 18.7 Å². The Balaban J connectivity index is 1.02. The lowest BCUT2D eigenvalue weighted by atomic mass is 10.1. The first kappa shape index (κ1) is 56.8. The minimum absolute atomic E-state index is 0.00730. The van der Waals surface area contributed by atoms with Crippen molar-refractivity contribution in [2.45, 2.75) is 49.2 Å². The summed E-state index contributed by atoms with van der Waals surface area (Å²) in [4.78, 5) is 102. The molecule has 1 aliphatic heterocycles. The summed E-state index contributed by atoms with van der Waals surface area (Å²) >= 11 is 0. The number of ether oxygens (including phenoxy) is 4. The van der Waals surface area contributed by atoms with Crippen LogP contribution in [0.4, 0.5) is 11.8 Å². The molecule has 5 unspecified atom stereocenters. The predicted octanol–water partition coefficient (Wildman–Crippen LogP) is -5.69. The van der Waals surface area contributed by atoms with Crippen LogP contribution in [0.2, 0.25) is 0 Å². The second kappa shape index (κ2) is 23.1. The highest BCUT2D eigenvalue weighted by Crippen LogP contribution is 2.63. The van der Waals surface area contributed by atoms with Crippen molar-refractivity contribution in [3.05, 3.63) is 52.3 Å². The Morgan fingerprint density at radius 3 is 2.18 bits per heavy atom. The van der Waals surface area contributed by atoms with Gasteiger partial charge in [-0.05, 0) is 0 Å². The average Bonchev–Trinajstić information content (AvgIpc) is 4.12. The van der Waals surface area contributed by atoms with E-state index in [1.165, 1.54) is 22.5 Å².